The molecule has 0 amide bonds. The van der Waals surface area contributed by atoms with Gasteiger partial charge in [0.15, 0.2) is 30.9 Å². The van der Waals surface area contributed by atoms with Gasteiger partial charge in [0, 0.05) is 16.7 Å². The summed E-state index contributed by atoms with van der Waals surface area (Å²) in [6.07, 6.45) is -29.1. The van der Waals surface area contributed by atoms with Crippen molar-refractivity contribution in [2.75, 3.05) is 19.8 Å². The lowest BCUT2D eigenvalue weighted by Crippen LogP contribution is -2.67. The van der Waals surface area contributed by atoms with Crippen molar-refractivity contribution < 1.29 is 119 Å². The molecule has 456 valence electrons. The number of carbonyl (C=O) groups excluding carboxylic acids is 1. The molecular weight excluding hydrogens is 1040 g/mol. The maximum absolute atomic E-state index is 15.0. The van der Waals surface area contributed by atoms with E-state index in [2.05, 4.69) is 20.8 Å². The zero-order chi connectivity index (χ0) is 58.4. The number of carbonyl (C=O) groups is 1. The summed E-state index contributed by atoms with van der Waals surface area (Å²) in [6, 6.07) is 0. The first kappa shape index (κ1) is 63.5. The van der Waals surface area contributed by atoms with Gasteiger partial charge in [-0.3, -0.25) is 4.79 Å². The Balaban J connectivity index is 1.00. The Bertz CT molecular complexity index is 2100. The molecule has 4 aliphatic carbocycles. The quantitative estimate of drug-likeness (QED) is 0.0708. The molecule has 0 radical (unpaired) electrons. The highest BCUT2D eigenvalue weighted by molar-refractivity contribution is 5.95. The number of hydrogen-bond donors (Lipinski definition) is 15. The zero-order valence-corrected chi connectivity index (χ0v) is 46.8. The van der Waals surface area contributed by atoms with Crippen LogP contribution in [0.4, 0.5) is 0 Å². The maximum Gasteiger partial charge on any atom is 0.187 e. The number of allylic oxidation sites excluding steroid dienone is 1. The van der Waals surface area contributed by atoms with E-state index < -0.39 is 194 Å². The Morgan fingerprint density at radius 1 is 0.633 bits per heavy atom. The molecule has 3 saturated carbocycles. The van der Waals surface area contributed by atoms with E-state index in [0.717, 1.165) is 12.0 Å². The summed E-state index contributed by atoms with van der Waals surface area (Å²) in [5, 5.41) is 163. The molecule has 15 N–H and O–H groups in total. The third kappa shape index (κ3) is 11.1. The molecule has 0 spiro atoms. The van der Waals surface area contributed by atoms with Gasteiger partial charge in [0.1, 0.15) is 91.6 Å². The van der Waals surface area contributed by atoms with Crippen molar-refractivity contribution in [1.29, 1.82) is 0 Å². The highest BCUT2D eigenvalue weighted by Gasteiger charge is 2.72. The minimum Gasteiger partial charge on any atom is -0.394 e. The zero-order valence-electron chi connectivity index (χ0n) is 46.8. The second-order valence-corrected chi connectivity index (χ2v) is 26.1. The standard InChI is InChI=1S/C55H92O24/c1-10-27-34(60)38(64)44(70)49(73-27)79-45-41(67)37(63)30(21-72-47-42(68)39(65)35(61)28(19-56)74-47)76-50(45)78-33(52(5,6)71)13-11-22(2)23-15-16-53(7)46-26(58)17-25-24(55(46,9)31(59)18-54(23,53)8)12-14-32(51(25,3)4)77-48-43(69)40(66)36(62)29(20-57)75-48/h17,22-24,27-50,56-57,59-71H,10-16,18-21H2,1-9H3/t22-,23?,24?,27+,28-,29-,30-,31-,32+,33-,34+,35-,36-,37-,38-,39+,40+,41+,42-,43-,44+,45-,46?,47+,48+,49-,50+,53+,54-,55-/m1/s1. The van der Waals surface area contributed by atoms with Crippen LogP contribution in [0.1, 0.15) is 114 Å². The number of fused-ring (bicyclic) bond motifs is 5. The lowest BCUT2D eigenvalue weighted by atomic mass is 9.38. The van der Waals surface area contributed by atoms with Crippen LogP contribution >= 0.6 is 0 Å². The first-order valence-corrected chi connectivity index (χ1v) is 28.4. The van der Waals surface area contributed by atoms with Gasteiger partial charge < -0.3 is 114 Å². The Labute approximate surface area is 461 Å². The van der Waals surface area contributed by atoms with Gasteiger partial charge in [-0.1, -0.05) is 54.0 Å². The average Bonchev–Trinajstić information content (AvgIpc) is 3.08. The molecule has 4 heterocycles. The molecule has 8 rings (SSSR count). The van der Waals surface area contributed by atoms with Crippen LogP contribution in [0.2, 0.25) is 0 Å². The van der Waals surface area contributed by atoms with Crippen molar-refractivity contribution in [2.45, 2.75) is 260 Å². The van der Waals surface area contributed by atoms with E-state index in [1.807, 2.05) is 20.8 Å². The molecule has 24 nitrogen and oxygen atoms in total. The molecule has 79 heavy (non-hydrogen) atoms. The summed E-state index contributed by atoms with van der Waals surface area (Å²) in [4.78, 5) is 15.0. The summed E-state index contributed by atoms with van der Waals surface area (Å²) in [7, 11) is 0. The lowest BCUT2D eigenvalue weighted by Gasteiger charge is -2.66. The number of aliphatic hydroxyl groups is 15. The first-order chi connectivity index (χ1) is 36.8. The van der Waals surface area contributed by atoms with Crippen molar-refractivity contribution in [3.63, 3.8) is 0 Å². The topological polar surface area (TPSA) is 394 Å². The van der Waals surface area contributed by atoms with Crippen molar-refractivity contribution in [3.05, 3.63) is 11.6 Å². The van der Waals surface area contributed by atoms with Gasteiger partial charge in [-0.15, -0.1) is 0 Å². The van der Waals surface area contributed by atoms with Crippen LogP contribution in [0.5, 0.6) is 0 Å². The Morgan fingerprint density at radius 3 is 1.72 bits per heavy atom. The van der Waals surface area contributed by atoms with Crippen LogP contribution in [0.3, 0.4) is 0 Å². The molecular formula is C55H92O24. The fraction of sp³-hybridized carbons (Fsp3) is 0.945. The van der Waals surface area contributed by atoms with E-state index in [9.17, 15) is 76.6 Å². The van der Waals surface area contributed by atoms with E-state index >= 15 is 4.79 Å². The van der Waals surface area contributed by atoms with Crippen molar-refractivity contribution >= 4 is 5.78 Å². The van der Waals surface area contributed by atoms with Gasteiger partial charge in [-0.05, 0) is 99.9 Å². The van der Waals surface area contributed by atoms with Gasteiger partial charge in [-0.2, -0.15) is 0 Å². The van der Waals surface area contributed by atoms with E-state index in [1.54, 1.807) is 13.0 Å². The summed E-state index contributed by atoms with van der Waals surface area (Å²) in [5.41, 5.74) is -3.61. The van der Waals surface area contributed by atoms with Gasteiger partial charge in [-0.25, -0.2) is 0 Å². The first-order valence-electron chi connectivity index (χ1n) is 28.4. The van der Waals surface area contributed by atoms with Crippen LogP contribution in [-0.4, -0.2) is 249 Å². The number of hydrogen-bond acceptors (Lipinski definition) is 24. The Kier molecular flexibility index (Phi) is 19.1. The summed E-state index contributed by atoms with van der Waals surface area (Å²) < 4.78 is 48.0. The molecule has 4 aliphatic heterocycles. The van der Waals surface area contributed by atoms with Crippen molar-refractivity contribution in [3.8, 4) is 0 Å². The third-order valence-corrected chi connectivity index (χ3v) is 20.8. The van der Waals surface area contributed by atoms with E-state index in [-0.39, 0.29) is 36.4 Å². The van der Waals surface area contributed by atoms with Crippen molar-refractivity contribution in [2.24, 2.45) is 45.3 Å². The fourth-order valence-corrected chi connectivity index (χ4v) is 15.6. The molecule has 30 atom stereocenters. The summed E-state index contributed by atoms with van der Waals surface area (Å²) >= 11 is 0. The molecule has 0 bridgehead atoms. The number of aliphatic hydroxyl groups excluding tert-OH is 14. The molecule has 0 aromatic heterocycles. The van der Waals surface area contributed by atoms with Crippen LogP contribution in [0.25, 0.3) is 0 Å². The van der Waals surface area contributed by atoms with Crippen LogP contribution < -0.4 is 0 Å². The summed E-state index contributed by atoms with van der Waals surface area (Å²) in [5.74, 6) is -0.996. The number of ketones is 1. The predicted octanol–water partition coefficient (Wildman–Crippen LogP) is -2.64. The van der Waals surface area contributed by atoms with Gasteiger partial charge >= 0.3 is 0 Å². The van der Waals surface area contributed by atoms with Crippen LogP contribution in [0.15, 0.2) is 11.6 Å². The molecule has 8 aliphatic rings. The minimum atomic E-state index is -1.90. The SMILES string of the molecule is CC[C@@H]1O[C@H](O[C@H]2[C@H](O[C@H](CC[C@@H](C)C3CC[C@@]4(C)C5C(=O)C=C6C(CC[C@H](O[C@@H]7O[C@H](CO)[C@@H](O)[C@H](O)[C@H]7O)C6(C)C)[C@]5(C)[C@H](O)C[C@]34C)C(C)(C)O)O[C@H](CO[C@H]3O[C@H](CO)[C@@H](O)[C@H](O)[C@H]3O)[C@@H](O)[C@@H]2O)[C@@H](O)[C@H](O)[C@H]1O. The molecule has 3 unspecified atom stereocenters. The maximum atomic E-state index is 15.0. The largest absolute Gasteiger partial charge is 0.394 e. The van der Waals surface area contributed by atoms with E-state index in [0.29, 0.717) is 32.1 Å². The second kappa shape index (κ2) is 23.7. The normalized spacial score (nSPS) is 51.0. The van der Waals surface area contributed by atoms with Gasteiger partial charge in [0.05, 0.1) is 49.8 Å². The minimum absolute atomic E-state index is 0.0300. The highest BCUT2D eigenvalue weighted by Crippen LogP contribution is 2.74. The summed E-state index contributed by atoms with van der Waals surface area (Å²) in [6.45, 7) is 15.1. The molecule has 7 fully saturated rings. The lowest BCUT2D eigenvalue weighted by molar-refractivity contribution is -0.379. The third-order valence-electron chi connectivity index (χ3n) is 20.8. The predicted molar refractivity (Wildman–Crippen MR) is 271 cm³/mol. The number of ether oxygens (including phenoxy) is 8. The second-order valence-electron chi connectivity index (χ2n) is 26.1. The molecule has 4 saturated heterocycles. The monoisotopic (exact) mass is 1140 g/mol. The Hall–Kier alpha value is -1.51. The van der Waals surface area contributed by atoms with Gasteiger partial charge in [0.2, 0.25) is 0 Å². The van der Waals surface area contributed by atoms with Gasteiger partial charge in [0.25, 0.3) is 0 Å². The fourth-order valence-electron chi connectivity index (χ4n) is 15.6. The molecule has 0 aromatic carbocycles. The van der Waals surface area contributed by atoms with E-state index in [1.165, 1.54) is 13.8 Å². The van der Waals surface area contributed by atoms with Crippen molar-refractivity contribution in [1.82, 2.24) is 0 Å². The number of rotatable bonds is 17. The highest BCUT2D eigenvalue weighted by atomic mass is 16.8. The smallest absolute Gasteiger partial charge is 0.187 e. The average molecular weight is 1140 g/mol. The van der Waals surface area contributed by atoms with E-state index in [4.69, 9.17) is 37.9 Å². The molecule has 0 aromatic rings. The van der Waals surface area contributed by atoms with Crippen LogP contribution in [-0.2, 0) is 42.7 Å². The van der Waals surface area contributed by atoms with Crippen LogP contribution in [0, 0.1) is 45.3 Å². The Morgan fingerprint density at radius 2 is 1.15 bits per heavy atom. The molecule has 24 heteroatoms.